The van der Waals surface area contributed by atoms with Gasteiger partial charge in [0.15, 0.2) is 0 Å². The standard InChI is InChI=1S/C21H24ClNO/c1-14-7-10-16(11-8-14)21(18-5-3-4-6-20(18)24)23-17-12-9-15(2)19(22)13-17/h7-13,18,21,23H,3-6H2,1-2H3/t18-,21-/m1/s1. The maximum absolute atomic E-state index is 12.5. The van der Waals surface area contributed by atoms with Crippen LogP contribution in [-0.4, -0.2) is 5.78 Å². The van der Waals surface area contributed by atoms with Crippen molar-refractivity contribution in [1.82, 2.24) is 0 Å². The second-order valence-electron chi connectivity index (χ2n) is 6.82. The lowest BCUT2D eigenvalue weighted by Crippen LogP contribution is -2.30. The van der Waals surface area contributed by atoms with Gasteiger partial charge in [0.1, 0.15) is 5.78 Å². The zero-order chi connectivity index (χ0) is 17.1. The maximum Gasteiger partial charge on any atom is 0.138 e. The van der Waals surface area contributed by atoms with Gasteiger partial charge in [-0.3, -0.25) is 4.79 Å². The highest BCUT2D eigenvalue weighted by Crippen LogP contribution is 2.35. The molecule has 1 aliphatic rings. The fraction of sp³-hybridized carbons (Fsp3) is 0.381. The van der Waals surface area contributed by atoms with E-state index < -0.39 is 0 Å². The van der Waals surface area contributed by atoms with Crippen molar-refractivity contribution in [1.29, 1.82) is 0 Å². The van der Waals surface area contributed by atoms with Crippen LogP contribution >= 0.6 is 11.6 Å². The summed E-state index contributed by atoms with van der Waals surface area (Å²) in [7, 11) is 0. The van der Waals surface area contributed by atoms with E-state index in [0.717, 1.165) is 41.1 Å². The minimum atomic E-state index is -0.00262. The van der Waals surface area contributed by atoms with Crippen molar-refractivity contribution in [2.45, 2.75) is 45.6 Å². The van der Waals surface area contributed by atoms with Gasteiger partial charge in [0, 0.05) is 23.0 Å². The summed E-state index contributed by atoms with van der Waals surface area (Å²) in [5, 5.41) is 4.33. The van der Waals surface area contributed by atoms with Crippen LogP contribution in [0.5, 0.6) is 0 Å². The summed E-state index contributed by atoms with van der Waals surface area (Å²) in [5.74, 6) is 0.402. The molecule has 0 spiro atoms. The monoisotopic (exact) mass is 341 g/mol. The van der Waals surface area contributed by atoms with Gasteiger partial charge in [0.25, 0.3) is 0 Å². The van der Waals surface area contributed by atoms with Gasteiger partial charge in [-0.25, -0.2) is 0 Å². The molecule has 1 saturated carbocycles. The first-order chi connectivity index (χ1) is 11.5. The van der Waals surface area contributed by atoms with Crippen molar-refractivity contribution < 1.29 is 4.79 Å². The summed E-state index contributed by atoms with van der Waals surface area (Å²) in [6.07, 6.45) is 3.79. The second kappa shape index (κ2) is 7.40. The van der Waals surface area contributed by atoms with E-state index in [4.69, 9.17) is 11.6 Å². The third kappa shape index (κ3) is 3.81. The maximum atomic E-state index is 12.5. The van der Waals surface area contributed by atoms with Crippen LogP contribution in [-0.2, 0) is 4.79 Å². The van der Waals surface area contributed by atoms with Crippen molar-refractivity contribution in [3.05, 3.63) is 64.2 Å². The fourth-order valence-electron chi connectivity index (χ4n) is 3.41. The number of halogens is 1. The lowest BCUT2D eigenvalue weighted by Gasteiger charge is -2.31. The number of hydrogen-bond donors (Lipinski definition) is 1. The summed E-state index contributed by atoms with van der Waals surface area (Å²) >= 11 is 6.27. The zero-order valence-electron chi connectivity index (χ0n) is 14.3. The van der Waals surface area contributed by atoms with E-state index in [1.54, 1.807) is 0 Å². The topological polar surface area (TPSA) is 29.1 Å². The van der Waals surface area contributed by atoms with E-state index in [2.05, 4.69) is 36.5 Å². The average Bonchev–Trinajstić information content (AvgIpc) is 2.58. The number of ketones is 1. The molecule has 126 valence electrons. The molecule has 0 aliphatic heterocycles. The summed E-state index contributed by atoms with van der Waals surface area (Å²) in [5.41, 5.74) is 4.42. The number of anilines is 1. The largest absolute Gasteiger partial charge is 0.377 e. The third-order valence-electron chi connectivity index (χ3n) is 4.93. The Labute approximate surface area is 149 Å². The van der Waals surface area contributed by atoms with Gasteiger partial charge in [-0.2, -0.15) is 0 Å². The Morgan fingerprint density at radius 1 is 1.08 bits per heavy atom. The van der Waals surface area contributed by atoms with Crippen LogP contribution in [0.4, 0.5) is 5.69 Å². The SMILES string of the molecule is Cc1ccc([C@@H](Nc2ccc(C)c(Cl)c2)[C@@H]2CCCCC2=O)cc1. The van der Waals surface area contributed by atoms with Crippen LogP contribution in [0.25, 0.3) is 0 Å². The summed E-state index contributed by atoms with van der Waals surface area (Å²) < 4.78 is 0. The minimum Gasteiger partial charge on any atom is -0.377 e. The second-order valence-corrected chi connectivity index (χ2v) is 7.22. The number of nitrogens with one attached hydrogen (secondary N) is 1. The van der Waals surface area contributed by atoms with Gasteiger partial charge < -0.3 is 5.32 Å². The van der Waals surface area contributed by atoms with E-state index in [1.165, 1.54) is 5.56 Å². The molecule has 0 heterocycles. The Balaban J connectivity index is 1.92. The van der Waals surface area contributed by atoms with Crippen LogP contribution in [0, 0.1) is 19.8 Å². The molecule has 2 aromatic carbocycles. The average molecular weight is 342 g/mol. The summed E-state index contributed by atoms with van der Waals surface area (Å²) in [6.45, 7) is 4.08. The number of Topliss-reactive ketones (excluding diaryl/α,β-unsaturated/α-hetero) is 1. The first-order valence-electron chi connectivity index (χ1n) is 8.66. The molecule has 0 unspecified atom stereocenters. The molecule has 24 heavy (non-hydrogen) atoms. The van der Waals surface area contributed by atoms with E-state index in [9.17, 15) is 4.79 Å². The van der Waals surface area contributed by atoms with Gasteiger partial charge in [0.2, 0.25) is 0 Å². The normalized spacial score (nSPS) is 19.1. The molecule has 0 bridgehead atoms. The molecule has 3 rings (SSSR count). The molecule has 1 aliphatic carbocycles. The predicted molar refractivity (Wildman–Crippen MR) is 101 cm³/mol. The number of carbonyl (C=O) groups excluding carboxylic acids is 1. The molecule has 0 amide bonds. The van der Waals surface area contributed by atoms with Gasteiger partial charge >= 0.3 is 0 Å². The number of aryl methyl sites for hydroxylation is 2. The Hall–Kier alpha value is -1.80. The third-order valence-corrected chi connectivity index (χ3v) is 5.34. The molecule has 2 atom stereocenters. The van der Waals surface area contributed by atoms with Crippen LogP contribution in [0.1, 0.15) is 48.4 Å². The van der Waals surface area contributed by atoms with Crippen molar-refractivity contribution in [3.63, 3.8) is 0 Å². The molecule has 0 radical (unpaired) electrons. The molecule has 0 saturated heterocycles. The van der Waals surface area contributed by atoms with Gasteiger partial charge in [0.05, 0.1) is 6.04 Å². The van der Waals surface area contributed by atoms with Crippen LogP contribution in [0.2, 0.25) is 5.02 Å². The van der Waals surface area contributed by atoms with Gasteiger partial charge in [-0.05, 0) is 49.9 Å². The first-order valence-corrected chi connectivity index (χ1v) is 9.04. The number of benzene rings is 2. The highest BCUT2D eigenvalue weighted by atomic mass is 35.5. The smallest absolute Gasteiger partial charge is 0.138 e. The van der Waals surface area contributed by atoms with Crippen LogP contribution in [0.15, 0.2) is 42.5 Å². The Bertz CT molecular complexity index is 723. The molecule has 2 aromatic rings. The lowest BCUT2D eigenvalue weighted by atomic mass is 9.80. The molecular weight excluding hydrogens is 318 g/mol. The quantitative estimate of drug-likeness (QED) is 0.753. The van der Waals surface area contributed by atoms with E-state index in [1.807, 2.05) is 25.1 Å². The Morgan fingerprint density at radius 3 is 2.50 bits per heavy atom. The number of carbonyl (C=O) groups is 1. The number of rotatable bonds is 4. The van der Waals surface area contributed by atoms with E-state index in [0.29, 0.717) is 12.2 Å². The zero-order valence-corrected chi connectivity index (χ0v) is 15.1. The summed E-state index contributed by atoms with van der Waals surface area (Å²) in [4.78, 5) is 12.5. The molecular formula is C21H24ClNO. The Kier molecular flexibility index (Phi) is 5.25. The summed E-state index contributed by atoms with van der Waals surface area (Å²) in [6, 6.07) is 14.5. The van der Waals surface area contributed by atoms with E-state index >= 15 is 0 Å². The van der Waals surface area contributed by atoms with Crippen molar-refractivity contribution in [2.24, 2.45) is 5.92 Å². The lowest BCUT2D eigenvalue weighted by molar-refractivity contribution is -0.125. The fourth-order valence-corrected chi connectivity index (χ4v) is 3.60. The van der Waals surface area contributed by atoms with Gasteiger partial charge in [-0.1, -0.05) is 53.9 Å². The molecule has 1 fully saturated rings. The molecule has 1 N–H and O–H groups in total. The number of hydrogen-bond acceptors (Lipinski definition) is 2. The molecule has 3 heteroatoms. The van der Waals surface area contributed by atoms with Crippen LogP contribution < -0.4 is 5.32 Å². The molecule has 2 nitrogen and oxygen atoms in total. The minimum absolute atomic E-state index is 0.00262. The van der Waals surface area contributed by atoms with Crippen molar-refractivity contribution in [2.75, 3.05) is 5.32 Å². The van der Waals surface area contributed by atoms with Crippen LogP contribution in [0.3, 0.4) is 0 Å². The highest BCUT2D eigenvalue weighted by Gasteiger charge is 2.31. The Morgan fingerprint density at radius 2 is 1.83 bits per heavy atom. The first kappa shape index (κ1) is 17.0. The predicted octanol–water partition coefficient (Wildman–Crippen LogP) is 5.87. The highest BCUT2D eigenvalue weighted by molar-refractivity contribution is 6.31. The van der Waals surface area contributed by atoms with Crippen molar-refractivity contribution in [3.8, 4) is 0 Å². The van der Waals surface area contributed by atoms with E-state index in [-0.39, 0.29) is 12.0 Å². The van der Waals surface area contributed by atoms with Crippen molar-refractivity contribution >= 4 is 23.1 Å². The van der Waals surface area contributed by atoms with Gasteiger partial charge in [-0.15, -0.1) is 0 Å². The molecule has 0 aromatic heterocycles.